The molecule has 0 fully saturated rings. The Morgan fingerprint density at radius 3 is 2.83 bits per heavy atom. The summed E-state index contributed by atoms with van der Waals surface area (Å²) >= 11 is 0. The van der Waals surface area contributed by atoms with Crippen molar-refractivity contribution in [2.45, 2.75) is 12.5 Å². The van der Waals surface area contributed by atoms with Gasteiger partial charge in [-0.15, -0.1) is 5.10 Å². The maximum atomic E-state index is 12.6. The molecule has 0 unspecified atom stereocenters. The van der Waals surface area contributed by atoms with Crippen molar-refractivity contribution in [3.63, 3.8) is 0 Å². The third-order valence-corrected chi connectivity index (χ3v) is 4.49. The number of benzene rings is 2. The second-order valence-corrected chi connectivity index (χ2v) is 6.22. The van der Waals surface area contributed by atoms with E-state index in [1.165, 1.54) is 25.2 Å². The SMILES string of the molecule is COc1ccc2c(c1OC)C(=O)O[C@@H]2CC(=O)Nc1cccc(-n2cnnn2)c1. The van der Waals surface area contributed by atoms with E-state index in [2.05, 4.69) is 20.8 Å². The van der Waals surface area contributed by atoms with Crippen molar-refractivity contribution in [2.24, 2.45) is 0 Å². The van der Waals surface area contributed by atoms with Crippen LogP contribution in [-0.4, -0.2) is 46.3 Å². The Bertz CT molecular complexity index is 1070. The van der Waals surface area contributed by atoms with Gasteiger partial charge < -0.3 is 19.5 Å². The van der Waals surface area contributed by atoms with Gasteiger partial charge in [0.05, 0.1) is 26.3 Å². The molecular weight excluding hydrogens is 378 g/mol. The molecule has 0 saturated carbocycles. The molecule has 4 rings (SSSR count). The number of hydrogen-bond donors (Lipinski definition) is 1. The van der Waals surface area contributed by atoms with E-state index in [0.717, 1.165) is 0 Å². The van der Waals surface area contributed by atoms with Crippen LogP contribution in [0, 0.1) is 0 Å². The zero-order chi connectivity index (χ0) is 20.4. The molecule has 0 bridgehead atoms. The van der Waals surface area contributed by atoms with Crippen molar-refractivity contribution in [3.05, 3.63) is 53.9 Å². The second-order valence-electron chi connectivity index (χ2n) is 6.22. The lowest BCUT2D eigenvalue weighted by atomic mass is 10.0. The average Bonchev–Trinajstić information content (AvgIpc) is 3.36. The molecule has 0 saturated heterocycles. The molecule has 29 heavy (non-hydrogen) atoms. The normalized spacial score (nSPS) is 14.8. The molecule has 1 aliphatic heterocycles. The number of esters is 1. The Morgan fingerprint density at radius 2 is 2.10 bits per heavy atom. The minimum atomic E-state index is -0.708. The van der Waals surface area contributed by atoms with Crippen LogP contribution in [0.4, 0.5) is 5.69 Å². The standard InChI is InChI=1S/C19H17N5O5/c1-27-14-7-6-13-15(29-19(26)17(13)18(14)28-2)9-16(25)21-11-4-3-5-12(8-11)24-10-20-22-23-24/h3-8,10,15H,9H2,1-2H3,(H,21,25)/t15-/m1/s1. The molecule has 0 spiro atoms. The van der Waals surface area contributed by atoms with Crippen LogP contribution in [-0.2, 0) is 9.53 Å². The molecule has 148 valence electrons. The number of methoxy groups -OCH3 is 2. The predicted octanol–water partition coefficient (Wildman–Crippen LogP) is 1.92. The van der Waals surface area contributed by atoms with Crippen LogP contribution in [0.2, 0.25) is 0 Å². The number of carbonyl (C=O) groups is 2. The number of aromatic nitrogens is 4. The van der Waals surface area contributed by atoms with E-state index in [-0.39, 0.29) is 17.9 Å². The lowest BCUT2D eigenvalue weighted by Gasteiger charge is -2.13. The summed E-state index contributed by atoms with van der Waals surface area (Å²) < 4.78 is 17.4. The molecule has 1 N–H and O–H groups in total. The molecule has 10 heteroatoms. The molecule has 0 aliphatic carbocycles. The minimum absolute atomic E-state index is 0.0384. The third kappa shape index (κ3) is 3.47. The molecule has 0 radical (unpaired) electrons. The van der Waals surface area contributed by atoms with Crippen LogP contribution < -0.4 is 14.8 Å². The number of rotatable bonds is 6. The highest BCUT2D eigenvalue weighted by molar-refractivity contribution is 5.99. The van der Waals surface area contributed by atoms with Crippen molar-refractivity contribution < 1.29 is 23.8 Å². The summed E-state index contributed by atoms with van der Waals surface area (Å²) in [6.07, 6.45) is 0.709. The van der Waals surface area contributed by atoms with E-state index in [1.807, 2.05) is 0 Å². The van der Waals surface area contributed by atoms with Crippen LogP contribution >= 0.6 is 0 Å². The fourth-order valence-corrected chi connectivity index (χ4v) is 3.21. The largest absolute Gasteiger partial charge is 0.493 e. The van der Waals surface area contributed by atoms with Gasteiger partial charge in [0.15, 0.2) is 11.5 Å². The highest BCUT2D eigenvalue weighted by Crippen LogP contribution is 2.43. The number of nitrogens with zero attached hydrogens (tertiary/aromatic N) is 4. The van der Waals surface area contributed by atoms with E-state index in [1.54, 1.807) is 36.4 Å². The first-order valence-electron chi connectivity index (χ1n) is 8.70. The minimum Gasteiger partial charge on any atom is -0.493 e. The van der Waals surface area contributed by atoms with Gasteiger partial charge in [-0.05, 0) is 34.7 Å². The van der Waals surface area contributed by atoms with Gasteiger partial charge in [0.25, 0.3) is 0 Å². The summed E-state index contributed by atoms with van der Waals surface area (Å²) in [5.74, 6) is -0.131. The van der Waals surface area contributed by atoms with E-state index in [0.29, 0.717) is 28.4 Å². The van der Waals surface area contributed by atoms with Crippen LogP contribution in [0.5, 0.6) is 11.5 Å². The number of fused-ring (bicyclic) bond motifs is 1. The number of anilines is 1. The number of carbonyl (C=O) groups excluding carboxylic acids is 2. The van der Waals surface area contributed by atoms with Gasteiger partial charge in [0.2, 0.25) is 5.91 Å². The van der Waals surface area contributed by atoms with E-state index < -0.39 is 12.1 Å². The van der Waals surface area contributed by atoms with Gasteiger partial charge in [-0.1, -0.05) is 12.1 Å². The number of nitrogens with one attached hydrogen (secondary N) is 1. The summed E-state index contributed by atoms with van der Waals surface area (Å²) in [5, 5.41) is 13.8. The maximum Gasteiger partial charge on any atom is 0.343 e. The highest BCUT2D eigenvalue weighted by atomic mass is 16.6. The van der Waals surface area contributed by atoms with Crippen molar-refractivity contribution >= 4 is 17.6 Å². The quantitative estimate of drug-likeness (QED) is 0.629. The first-order valence-corrected chi connectivity index (χ1v) is 8.70. The second kappa shape index (κ2) is 7.58. The Morgan fingerprint density at radius 1 is 1.24 bits per heavy atom. The zero-order valence-corrected chi connectivity index (χ0v) is 15.7. The molecule has 2 aromatic carbocycles. The van der Waals surface area contributed by atoms with Crippen LogP contribution in [0.1, 0.15) is 28.4 Å². The average molecular weight is 395 g/mol. The fraction of sp³-hybridized carbons (Fsp3) is 0.211. The van der Waals surface area contributed by atoms with Crippen molar-refractivity contribution in [1.82, 2.24) is 20.2 Å². The Balaban J connectivity index is 1.51. The smallest absolute Gasteiger partial charge is 0.343 e. The van der Waals surface area contributed by atoms with E-state index >= 15 is 0 Å². The number of hydrogen-bond acceptors (Lipinski definition) is 8. The summed E-state index contributed by atoms with van der Waals surface area (Å²) in [5.41, 5.74) is 2.14. The molecule has 2 heterocycles. The number of cyclic esters (lactones) is 1. The summed E-state index contributed by atoms with van der Waals surface area (Å²) in [4.78, 5) is 24.9. The van der Waals surface area contributed by atoms with Gasteiger partial charge >= 0.3 is 5.97 Å². The van der Waals surface area contributed by atoms with Gasteiger partial charge in [0.1, 0.15) is 18.0 Å². The highest BCUT2D eigenvalue weighted by Gasteiger charge is 2.36. The molecule has 1 atom stereocenters. The molecule has 1 aromatic heterocycles. The lowest BCUT2D eigenvalue weighted by molar-refractivity contribution is -0.118. The van der Waals surface area contributed by atoms with Crippen LogP contribution in [0.15, 0.2) is 42.7 Å². The van der Waals surface area contributed by atoms with Gasteiger partial charge in [0, 0.05) is 11.3 Å². The van der Waals surface area contributed by atoms with Gasteiger partial charge in [-0.25, -0.2) is 9.48 Å². The topological polar surface area (TPSA) is 117 Å². The monoisotopic (exact) mass is 395 g/mol. The molecule has 1 amide bonds. The summed E-state index contributed by atoms with van der Waals surface area (Å²) in [6.45, 7) is 0. The predicted molar refractivity (Wildman–Crippen MR) is 100 cm³/mol. The summed E-state index contributed by atoms with van der Waals surface area (Å²) in [6, 6.07) is 10.4. The van der Waals surface area contributed by atoms with Crippen molar-refractivity contribution in [3.8, 4) is 17.2 Å². The van der Waals surface area contributed by atoms with Gasteiger partial charge in [-0.2, -0.15) is 0 Å². The van der Waals surface area contributed by atoms with Crippen LogP contribution in [0.25, 0.3) is 5.69 Å². The van der Waals surface area contributed by atoms with E-state index in [4.69, 9.17) is 14.2 Å². The first-order chi connectivity index (χ1) is 14.1. The first kappa shape index (κ1) is 18.4. The van der Waals surface area contributed by atoms with E-state index in [9.17, 15) is 9.59 Å². The number of tetrazole rings is 1. The van der Waals surface area contributed by atoms with Crippen molar-refractivity contribution in [2.75, 3.05) is 19.5 Å². The molecule has 3 aromatic rings. The maximum absolute atomic E-state index is 12.6. The summed E-state index contributed by atoms with van der Waals surface area (Å²) in [7, 11) is 2.93. The Labute approximate surface area is 165 Å². The van der Waals surface area contributed by atoms with Crippen LogP contribution in [0.3, 0.4) is 0 Å². The molecular formula is C19H17N5O5. The zero-order valence-electron chi connectivity index (χ0n) is 15.7. The van der Waals surface area contributed by atoms with Crippen molar-refractivity contribution in [1.29, 1.82) is 0 Å². The molecule has 1 aliphatic rings. The Kier molecular flexibility index (Phi) is 4.82. The fourth-order valence-electron chi connectivity index (χ4n) is 3.21. The molecule has 10 nitrogen and oxygen atoms in total. The van der Waals surface area contributed by atoms with Gasteiger partial charge in [-0.3, -0.25) is 4.79 Å². The lowest BCUT2D eigenvalue weighted by Crippen LogP contribution is -2.16. The third-order valence-electron chi connectivity index (χ3n) is 4.49. The Hall–Kier alpha value is -3.95. The number of amides is 1. The number of ether oxygens (including phenoxy) is 3.